The van der Waals surface area contributed by atoms with E-state index in [-0.39, 0.29) is 0 Å². The second-order valence-corrected chi connectivity index (χ2v) is 6.39. The predicted molar refractivity (Wildman–Crippen MR) is 104 cm³/mol. The van der Waals surface area contributed by atoms with Crippen molar-refractivity contribution in [1.82, 2.24) is 24.9 Å². The van der Waals surface area contributed by atoms with Crippen LogP contribution in [-0.4, -0.2) is 24.7 Å². The maximum absolute atomic E-state index is 6.01. The molecule has 0 radical (unpaired) electrons. The van der Waals surface area contributed by atoms with Crippen molar-refractivity contribution >= 4 is 34.7 Å². The largest absolute Gasteiger partial charge is 0.358 e. The minimum Gasteiger partial charge on any atom is -0.358 e. The van der Waals surface area contributed by atoms with Crippen LogP contribution in [0.5, 0.6) is 0 Å². The lowest BCUT2D eigenvalue weighted by Crippen LogP contribution is -2.28. The van der Waals surface area contributed by atoms with Crippen LogP contribution >= 0.6 is 23.8 Å². The van der Waals surface area contributed by atoms with Gasteiger partial charge in [0.15, 0.2) is 10.9 Å². The number of nitrogens with one attached hydrogen (secondary N) is 2. The summed E-state index contributed by atoms with van der Waals surface area (Å²) in [5.74, 6) is 0.698. The highest BCUT2D eigenvalue weighted by molar-refractivity contribution is 7.80. The lowest BCUT2D eigenvalue weighted by Gasteiger charge is -2.07. The predicted octanol–water partition coefficient (Wildman–Crippen LogP) is 3.29. The molecular weight excluding hydrogens is 356 g/mol. The number of anilines is 1. The van der Waals surface area contributed by atoms with E-state index in [0.717, 1.165) is 22.7 Å². The van der Waals surface area contributed by atoms with E-state index >= 15 is 0 Å². The van der Waals surface area contributed by atoms with Crippen molar-refractivity contribution in [2.75, 3.05) is 5.32 Å². The average Bonchev–Trinajstić information content (AvgIpc) is 3.22. The molecule has 2 aromatic heterocycles. The fraction of sp³-hybridized carbons (Fsp3) is 0.235. The van der Waals surface area contributed by atoms with Gasteiger partial charge in [-0.15, -0.1) is 0 Å². The summed E-state index contributed by atoms with van der Waals surface area (Å²) in [4.78, 5) is 0. The molecule has 8 heteroatoms. The Morgan fingerprint density at radius 1 is 1.24 bits per heavy atom. The van der Waals surface area contributed by atoms with Gasteiger partial charge in [-0.05, 0) is 36.8 Å². The molecule has 3 aromatic rings. The van der Waals surface area contributed by atoms with Crippen molar-refractivity contribution in [3.63, 3.8) is 0 Å². The molecule has 0 saturated carbocycles. The quantitative estimate of drug-likeness (QED) is 0.648. The Morgan fingerprint density at radius 3 is 2.88 bits per heavy atom. The van der Waals surface area contributed by atoms with Crippen LogP contribution in [-0.2, 0) is 19.6 Å². The Bertz CT molecular complexity index is 856. The number of nitrogens with zero attached hydrogens (tertiary/aromatic N) is 4. The van der Waals surface area contributed by atoms with Gasteiger partial charge in [-0.3, -0.25) is 9.36 Å². The first-order valence-corrected chi connectivity index (χ1v) is 8.75. The average molecular weight is 375 g/mol. The van der Waals surface area contributed by atoms with E-state index < -0.39 is 0 Å². The Kier molecular flexibility index (Phi) is 5.67. The Labute approximate surface area is 156 Å². The van der Waals surface area contributed by atoms with Gasteiger partial charge >= 0.3 is 0 Å². The molecule has 1 aromatic carbocycles. The van der Waals surface area contributed by atoms with E-state index in [1.54, 1.807) is 0 Å². The van der Waals surface area contributed by atoms with Crippen LogP contribution in [0.1, 0.15) is 18.1 Å². The van der Waals surface area contributed by atoms with Gasteiger partial charge in [0, 0.05) is 42.1 Å². The van der Waals surface area contributed by atoms with Gasteiger partial charge in [0.1, 0.15) is 0 Å². The number of halogens is 1. The van der Waals surface area contributed by atoms with Crippen LogP contribution in [0, 0.1) is 0 Å². The van der Waals surface area contributed by atoms with Crippen LogP contribution < -0.4 is 10.6 Å². The summed E-state index contributed by atoms with van der Waals surface area (Å²) in [6, 6.07) is 9.62. The molecule has 0 atom stereocenters. The fourth-order valence-corrected chi connectivity index (χ4v) is 2.74. The molecule has 130 valence electrons. The fourth-order valence-electron chi connectivity index (χ4n) is 2.35. The van der Waals surface area contributed by atoms with E-state index in [0.29, 0.717) is 24.0 Å². The van der Waals surface area contributed by atoms with Crippen LogP contribution in [0.4, 0.5) is 5.82 Å². The normalized spacial score (nSPS) is 10.6. The smallest absolute Gasteiger partial charge is 0.172 e. The van der Waals surface area contributed by atoms with Gasteiger partial charge < -0.3 is 10.6 Å². The number of thiocarbonyl (C=S) groups is 1. The molecule has 0 unspecified atom stereocenters. The summed E-state index contributed by atoms with van der Waals surface area (Å²) in [6.07, 6.45) is 5.73. The first-order valence-electron chi connectivity index (χ1n) is 7.96. The van der Waals surface area contributed by atoms with Gasteiger partial charge in [0.2, 0.25) is 0 Å². The van der Waals surface area contributed by atoms with Crippen molar-refractivity contribution < 1.29 is 0 Å². The zero-order valence-electron chi connectivity index (χ0n) is 13.8. The third-order valence-corrected chi connectivity index (χ3v) is 4.06. The lowest BCUT2D eigenvalue weighted by atomic mass is 10.2. The summed E-state index contributed by atoms with van der Waals surface area (Å²) in [5.41, 5.74) is 2.17. The van der Waals surface area contributed by atoms with Gasteiger partial charge in [0.25, 0.3) is 0 Å². The number of aromatic nitrogens is 4. The highest BCUT2D eigenvalue weighted by atomic mass is 35.5. The minimum atomic E-state index is 0.525. The zero-order chi connectivity index (χ0) is 17.6. The van der Waals surface area contributed by atoms with E-state index in [2.05, 4.69) is 27.8 Å². The second-order valence-electron chi connectivity index (χ2n) is 5.54. The number of hydrogen-bond donors (Lipinski definition) is 2. The topological polar surface area (TPSA) is 59.7 Å². The number of rotatable bonds is 6. The van der Waals surface area contributed by atoms with E-state index in [1.165, 1.54) is 0 Å². The standard InChI is InChI=1S/C17H19ClN6S/c1-2-23-12-14(10-20-23)9-19-17(25)21-16-6-7-24(22-16)11-13-4-3-5-15(18)8-13/h3-8,10,12H,2,9,11H2,1H3,(H2,19,21,22,25). The molecule has 6 nitrogen and oxygen atoms in total. The maximum Gasteiger partial charge on any atom is 0.172 e. The monoisotopic (exact) mass is 374 g/mol. The van der Waals surface area contributed by atoms with Crippen LogP contribution in [0.25, 0.3) is 0 Å². The molecule has 2 heterocycles. The van der Waals surface area contributed by atoms with Crippen molar-refractivity contribution in [2.24, 2.45) is 0 Å². The maximum atomic E-state index is 6.01. The molecular formula is C17H19ClN6S. The summed E-state index contributed by atoms with van der Waals surface area (Å²) in [6.45, 7) is 4.18. The Balaban J connectivity index is 1.51. The molecule has 0 bridgehead atoms. The van der Waals surface area contributed by atoms with Gasteiger partial charge in [-0.1, -0.05) is 23.7 Å². The van der Waals surface area contributed by atoms with Crippen molar-refractivity contribution in [1.29, 1.82) is 0 Å². The summed E-state index contributed by atoms with van der Waals surface area (Å²) in [7, 11) is 0. The molecule has 0 fully saturated rings. The molecule has 0 amide bonds. The van der Waals surface area contributed by atoms with Crippen molar-refractivity contribution in [2.45, 2.75) is 26.6 Å². The van der Waals surface area contributed by atoms with Crippen LogP contribution in [0.3, 0.4) is 0 Å². The Hall–Kier alpha value is -2.38. The number of benzene rings is 1. The lowest BCUT2D eigenvalue weighted by molar-refractivity contribution is 0.659. The summed E-state index contributed by atoms with van der Waals surface area (Å²) >= 11 is 11.3. The van der Waals surface area contributed by atoms with Crippen molar-refractivity contribution in [3.05, 3.63) is 65.1 Å². The van der Waals surface area contributed by atoms with Crippen LogP contribution in [0.15, 0.2) is 48.9 Å². The first kappa shape index (κ1) is 17.4. The molecule has 2 N–H and O–H groups in total. The minimum absolute atomic E-state index is 0.525. The van der Waals surface area contributed by atoms with Gasteiger partial charge in [-0.25, -0.2) is 0 Å². The molecule has 25 heavy (non-hydrogen) atoms. The molecule has 0 aliphatic heterocycles. The summed E-state index contributed by atoms with van der Waals surface area (Å²) in [5, 5.41) is 16.2. The van der Waals surface area contributed by atoms with Crippen molar-refractivity contribution in [3.8, 4) is 0 Å². The van der Waals surface area contributed by atoms with Gasteiger partial charge in [0.05, 0.1) is 12.7 Å². The molecule has 3 rings (SSSR count). The molecule has 0 aliphatic rings. The molecule has 0 saturated heterocycles. The molecule has 0 spiro atoms. The number of hydrogen-bond acceptors (Lipinski definition) is 3. The van der Waals surface area contributed by atoms with E-state index in [4.69, 9.17) is 23.8 Å². The highest BCUT2D eigenvalue weighted by Crippen LogP contribution is 2.12. The van der Waals surface area contributed by atoms with Crippen LogP contribution in [0.2, 0.25) is 5.02 Å². The number of aryl methyl sites for hydroxylation is 1. The Morgan fingerprint density at radius 2 is 2.12 bits per heavy atom. The zero-order valence-corrected chi connectivity index (χ0v) is 15.4. The van der Waals surface area contributed by atoms with E-state index in [9.17, 15) is 0 Å². The molecule has 0 aliphatic carbocycles. The highest BCUT2D eigenvalue weighted by Gasteiger charge is 2.04. The SMILES string of the molecule is CCn1cc(CNC(=S)Nc2ccn(Cc3cccc(Cl)c3)n2)cn1. The summed E-state index contributed by atoms with van der Waals surface area (Å²) < 4.78 is 3.72. The third kappa shape index (κ3) is 5.04. The van der Waals surface area contributed by atoms with Gasteiger partial charge in [-0.2, -0.15) is 10.2 Å². The second kappa shape index (κ2) is 8.13. The third-order valence-electron chi connectivity index (χ3n) is 3.58. The van der Waals surface area contributed by atoms with E-state index in [1.807, 2.05) is 58.3 Å². The first-order chi connectivity index (χ1) is 12.1.